The molecule has 102 valence electrons. The van der Waals surface area contributed by atoms with Gasteiger partial charge in [0.15, 0.2) is 0 Å². The SMILES string of the molecule is CC(C)(C)N1CCN(Cc2ccccc2)CC1=C=O. The van der Waals surface area contributed by atoms with Gasteiger partial charge in [0.1, 0.15) is 11.6 Å². The minimum Gasteiger partial charge on any atom is -0.359 e. The number of rotatable bonds is 2. The first-order valence-electron chi connectivity index (χ1n) is 6.78. The molecule has 3 nitrogen and oxygen atoms in total. The van der Waals surface area contributed by atoms with Crippen molar-refractivity contribution in [2.75, 3.05) is 19.6 Å². The summed E-state index contributed by atoms with van der Waals surface area (Å²) in [6, 6.07) is 10.4. The topological polar surface area (TPSA) is 23.6 Å². The lowest BCUT2D eigenvalue weighted by Gasteiger charge is -2.44. The minimum absolute atomic E-state index is 0.00835. The summed E-state index contributed by atoms with van der Waals surface area (Å²) in [6.07, 6.45) is 0. The van der Waals surface area contributed by atoms with Crippen molar-refractivity contribution in [2.24, 2.45) is 0 Å². The molecule has 1 aromatic rings. The molecule has 1 fully saturated rings. The van der Waals surface area contributed by atoms with Crippen LogP contribution in [0.5, 0.6) is 0 Å². The van der Waals surface area contributed by atoms with Crippen LogP contribution in [0.25, 0.3) is 0 Å². The summed E-state index contributed by atoms with van der Waals surface area (Å²) in [5.41, 5.74) is 2.05. The summed E-state index contributed by atoms with van der Waals surface area (Å²) in [5, 5.41) is 0. The molecular weight excluding hydrogens is 236 g/mol. The number of benzene rings is 1. The second-order valence-corrected chi connectivity index (χ2v) is 6.07. The maximum absolute atomic E-state index is 11.2. The summed E-state index contributed by atoms with van der Waals surface area (Å²) in [6.45, 7) is 9.86. The second kappa shape index (κ2) is 5.60. The standard InChI is InChI=1S/C16H22N2O/c1-16(2,3)18-10-9-17(12-15(18)13-19)11-14-7-5-4-6-8-14/h4-8H,9-12H2,1-3H3. The molecule has 1 heterocycles. The van der Waals surface area contributed by atoms with Gasteiger partial charge in [0.2, 0.25) is 0 Å². The zero-order valence-corrected chi connectivity index (χ0v) is 12.0. The zero-order valence-electron chi connectivity index (χ0n) is 12.0. The van der Waals surface area contributed by atoms with Gasteiger partial charge in [-0.05, 0) is 26.3 Å². The van der Waals surface area contributed by atoms with Gasteiger partial charge in [-0.25, -0.2) is 4.79 Å². The van der Waals surface area contributed by atoms with Crippen LogP contribution in [0.1, 0.15) is 26.3 Å². The molecule has 0 aromatic heterocycles. The fourth-order valence-corrected chi connectivity index (χ4v) is 2.56. The van der Waals surface area contributed by atoms with Crippen LogP contribution in [0, 0.1) is 0 Å². The molecule has 1 aromatic carbocycles. The summed E-state index contributed by atoms with van der Waals surface area (Å²) in [7, 11) is 0. The van der Waals surface area contributed by atoms with Crippen LogP contribution in [0.4, 0.5) is 0 Å². The fourth-order valence-electron chi connectivity index (χ4n) is 2.56. The molecule has 0 radical (unpaired) electrons. The highest BCUT2D eigenvalue weighted by Crippen LogP contribution is 2.22. The predicted molar refractivity (Wildman–Crippen MR) is 77.4 cm³/mol. The Labute approximate surface area is 115 Å². The Morgan fingerprint density at radius 3 is 2.42 bits per heavy atom. The lowest BCUT2D eigenvalue weighted by Crippen LogP contribution is -2.51. The molecule has 0 atom stereocenters. The van der Waals surface area contributed by atoms with E-state index in [-0.39, 0.29) is 5.54 Å². The van der Waals surface area contributed by atoms with Gasteiger partial charge in [-0.15, -0.1) is 0 Å². The smallest absolute Gasteiger partial charge is 0.147 e. The first kappa shape index (κ1) is 13.9. The minimum atomic E-state index is -0.00835. The van der Waals surface area contributed by atoms with E-state index in [2.05, 4.69) is 60.8 Å². The Kier molecular flexibility index (Phi) is 4.08. The first-order valence-corrected chi connectivity index (χ1v) is 6.78. The predicted octanol–water partition coefficient (Wildman–Crippen LogP) is 2.32. The van der Waals surface area contributed by atoms with Gasteiger partial charge in [-0.1, -0.05) is 30.3 Å². The van der Waals surface area contributed by atoms with Crippen molar-refractivity contribution in [3.05, 3.63) is 41.6 Å². The molecule has 1 aliphatic rings. The van der Waals surface area contributed by atoms with Crippen LogP contribution in [0.3, 0.4) is 0 Å². The normalized spacial score (nSPS) is 17.4. The van der Waals surface area contributed by atoms with Crippen molar-refractivity contribution < 1.29 is 4.79 Å². The molecule has 0 saturated carbocycles. The maximum Gasteiger partial charge on any atom is 0.147 e. The van der Waals surface area contributed by atoms with E-state index in [0.29, 0.717) is 6.54 Å². The third kappa shape index (κ3) is 3.46. The molecule has 19 heavy (non-hydrogen) atoms. The third-order valence-corrected chi connectivity index (χ3v) is 3.52. The molecule has 0 unspecified atom stereocenters. The Morgan fingerprint density at radius 1 is 1.16 bits per heavy atom. The summed E-state index contributed by atoms with van der Waals surface area (Å²) < 4.78 is 0. The van der Waals surface area contributed by atoms with Gasteiger partial charge in [0, 0.05) is 31.7 Å². The average molecular weight is 258 g/mol. The van der Waals surface area contributed by atoms with Crippen LogP contribution in [0.15, 0.2) is 36.0 Å². The quantitative estimate of drug-likeness (QED) is 0.761. The highest BCUT2D eigenvalue weighted by Gasteiger charge is 2.29. The van der Waals surface area contributed by atoms with Crippen molar-refractivity contribution in [1.82, 2.24) is 9.80 Å². The molecule has 0 bridgehead atoms. The number of hydrogen-bond acceptors (Lipinski definition) is 3. The monoisotopic (exact) mass is 258 g/mol. The molecule has 1 aliphatic heterocycles. The van der Waals surface area contributed by atoms with E-state index in [1.54, 1.807) is 0 Å². The lowest BCUT2D eigenvalue weighted by molar-refractivity contribution is 0.104. The molecule has 2 rings (SSSR count). The van der Waals surface area contributed by atoms with Crippen molar-refractivity contribution in [1.29, 1.82) is 0 Å². The Bertz CT molecular complexity index is 469. The van der Waals surface area contributed by atoms with Crippen LogP contribution in [-0.4, -0.2) is 40.9 Å². The Morgan fingerprint density at radius 2 is 1.84 bits per heavy atom. The third-order valence-electron chi connectivity index (χ3n) is 3.52. The van der Waals surface area contributed by atoms with Crippen molar-refractivity contribution in [3.63, 3.8) is 0 Å². The second-order valence-electron chi connectivity index (χ2n) is 6.07. The molecule has 0 spiro atoms. The summed E-state index contributed by atoms with van der Waals surface area (Å²) in [5.74, 6) is 2.13. The van der Waals surface area contributed by atoms with Gasteiger partial charge in [0.25, 0.3) is 0 Å². The Hall–Kier alpha value is -1.57. The average Bonchev–Trinajstić information content (AvgIpc) is 2.38. The first-order chi connectivity index (χ1) is 9.00. The summed E-state index contributed by atoms with van der Waals surface area (Å²) >= 11 is 0. The van der Waals surface area contributed by atoms with E-state index in [9.17, 15) is 4.79 Å². The van der Waals surface area contributed by atoms with Gasteiger partial charge in [0.05, 0.1) is 0 Å². The Balaban J connectivity index is 2.04. The molecule has 0 aliphatic carbocycles. The van der Waals surface area contributed by atoms with E-state index in [1.807, 2.05) is 6.07 Å². The molecule has 1 saturated heterocycles. The van der Waals surface area contributed by atoms with E-state index in [0.717, 1.165) is 25.3 Å². The molecule has 3 heteroatoms. The highest BCUT2D eigenvalue weighted by atomic mass is 16.1. The van der Waals surface area contributed by atoms with Crippen molar-refractivity contribution >= 4 is 5.94 Å². The number of hydrogen-bond donors (Lipinski definition) is 0. The fraction of sp³-hybridized carbons (Fsp3) is 0.500. The largest absolute Gasteiger partial charge is 0.359 e. The van der Waals surface area contributed by atoms with Gasteiger partial charge in [-0.3, -0.25) is 4.90 Å². The van der Waals surface area contributed by atoms with Crippen LogP contribution in [0.2, 0.25) is 0 Å². The summed E-state index contributed by atoms with van der Waals surface area (Å²) in [4.78, 5) is 15.7. The maximum atomic E-state index is 11.2. The van der Waals surface area contributed by atoms with Crippen LogP contribution >= 0.6 is 0 Å². The number of piperazine rings is 1. The van der Waals surface area contributed by atoms with E-state index < -0.39 is 0 Å². The van der Waals surface area contributed by atoms with Crippen molar-refractivity contribution in [3.8, 4) is 0 Å². The van der Waals surface area contributed by atoms with Gasteiger partial charge < -0.3 is 4.90 Å². The van der Waals surface area contributed by atoms with Crippen LogP contribution in [-0.2, 0) is 11.3 Å². The highest BCUT2D eigenvalue weighted by molar-refractivity contribution is 5.53. The van der Waals surface area contributed by atoms with Gasteiger partial charge in [-0.2, -0.15) is 0 Å². The van der Waals surface area contributed by atoms with Crippen LogP contribution < -0.4 is 0 Å². The number of nitrogens with zero attached hydrogens (tertiary/aromatic N) is 2. The molecular formula is C16H22N2O. The lowest BCUT2D eigenvalue weighted by atomic mass is 10.0. The molecule has 0 N–H and O–H groups in total. The van der Waals surface area contributed by atoms with E-state index >= 15 is 0 Å². The van der Waals surface area contributed by atoms with Gasteiger partial charge >= 0.3 is 0 Å². The van der Waals surface area contributed by atoms with Crippen molar-refractivity contribution in [2.45, 2.75) is 32.9 Å². The zero-order chi connectivity index (χ0) is 13.9. The number of carbonyl (C=O) groups excluding carboxylic acids is 1. The van der Waals surface area contributed by atoms with E-state index in [4.69, 9.17) is 0 Å². The van der Waals surface area contributed by atoms with E-state index in [1.165, 1.54) is 5.56 Å². The molecule has 0 amide bonds.